The van der Waals surface area contributed by atoms with Gasteiger partial charge in [-0.1, -0.05) is 36.4 Å². The SMILES string of the molecule is COc1cc(CN(c2cc(-c3ccccc3)nc3ncnn23)C2CC2)ccc1O. The molecular weight excluding hydrogens is 366 g/mol. The number of phenols is 1. The molecule has 2 aromatic carbocycles. The molecule has 1 N–H and O–H groups in total. The summed E-state index contributed by atoms with van der Waals surface area (Å²) >= 11 is 0. The average Bonchev–Trinajstić information content (AvgIpc) is 3.49. The number of benzene rings is 2. The third kappa shape index (κ3) is 3.35. The van der Waals surface area contributed by atoms with E-state index in [1.165, 1.54) is 6.33 Å². The summed E-state index contributed by atoms with van der Waals surface area (Å²) in [7, 11) is 1.56. The minimum absolute atomic E-state index is 0.142. The van der Waals surface area contributed by atoms with E-state index in [0.29, 0.717) is 24.1 Å². The molecule has 2 aromatic heterocycles. The highest BCUT2D eigenvalue weighted by Crippen LogP contribution is 2.36. The first-order valence-electron chi connectivity index (χ1n) is 9.61. The molecule has 0 bridgehead atoms. The van der Waals surface area contributed by atoms with Gasteiger partial charge in [-0.2, -0.15) is 14.6 Å². The van der Waals surface area contributed by atoms with E-state index >= 15 is 0 Å². The molecule has 0 saturated heterocycles. The number of hydrogen-bond acceptors (Lipinski definition) is 6. The highest BCUT2D eigenvalue weighted by Gasteiger charge is 2.31. The fraction of sp³-hybridized carbons (Fsp3) is 0.227. The van der Waals surface area contributed by atoms with E-state index in [4.69, 9.17) is 4.74 Å². The van der Waals surface area contributed by atoms with E-state index in [-0.39, 0.29) is 5.75 Å². The molecule has 0 amide bonds. The van der Waals surface area contributed by atoms with Gasteiger partial charge in [0.25, 0.3) is 5.78 Å². The zero-order valence-electron chi connectivity index (χ0n) is 16.1. The van der Waals surface area contributed by atoms with Crippen LogP contribution in [0.3, 0.4) is 0 Å². The zero-order valence-corrected chi connectivity index (χ0v) is 16.1. The third-order valence-corrected chi connectivity index (χ3v) is 5.18. The molecule has 7 heteroatoms. The molecule has 0 atom stereocenters. The lowest BCUT2D eigenvalue weighted by atomic mass is 10.1. The predicted molar refractivity (Wildman–Crippen MR) is 110 cm³/mol. The molecule has 5 rings (SSSR count). The van der Waals surface area contributed by atoms with Gasteiger partial charge in [-0.05, 0) is 30.5 Å². The van der Waals surface area contributed by atoms with E-state index < -0.39 is 0 Å². The van der Waals surface area contributed by atoms with Crippen molar-refractivity contribution in [3.63, 3.8) is 0 Å². The minimum Gasteiger partial charge on any atom is -0.504 e. The second-order valence-electron chi connectivity index (χ2n) is 7.20. The van der Waals surface area contributed by atoms with Crippen molar-refractivity contribution >= 4 is 11.6 Å². The topological polar surface area (TPSA) is 75.8 Å². The number of ether oxygens (including phenoxy) is 1. The van der Waals surface area contributed by atoms with Crippen molar-refractivity contribution in [3.05, 3.63) is 66.5 Å². The maximum atomic E-state index is 9.91. The summed E-state index contributed by atoms with van der Waals surface area (Å²) in [6.45, 7) is 0.675. The number of anilines is 1. The smallest absolute Gasteiger partial charge is 0.254 e. The molecule has 0 aliphatic heterocycles. The molecule has 0 radical (unpaired) electrons. The van der Waals surface area contributed by atoms with Crippen molar-refractivity contribution in [3.8, 4) is 22.8 Å². The average molecular weight is 387 g/mol. The zero-order chi connectivity index (χ0) is 19.8. The van der Waals surface area contributed by atoms with Gasteiger partial charge in [-0.25, -0.2) is 4.98 Å². The first kappa shape index (κ1) is 17.5. The van der Waals surface area contributed by atoms with Gasteiger partial charge in [-0.15, -0.1) is 0 Å². The Hall–Kier alpha value is -3.61. The number of aromatic hydroxyl groups is 1. The fourth-order valence-corrected chi connectivity index (χ4v) is 3.56. The van der Waals surface area contributed by atoms with Crippen LogP contribution in [0.2, 0.25) is 0 Å². The number of aromatic nitrogens is 4. The van der Waals surface area contributed by atoms with Crippen molar-refractivity contribution in [2.75, 3.05) is 12.0 Å². The van der Waals surface area contributed by atoms with Gasteiger partial charge in [0.15, 0.2) is 11.5 Å². The standard InChI is InChI=1S/C22H21N5O2/c1-29-20-11-15(7-10-19(20)28)13-26(17-8-9-17)21-12-18(16-5-3-2-4-6-16)25-22-23-14-24-27(21)22/h2-7,10-12,14,17,28H,8-9,13H2,1H3. The molecule has 1 aliphatic carbocycles. The van der Waals surface area contributed by atoms with E-state index in [2.05, 4.69) is 26.0 Å². The summed E-state index contributed by atoms with van der Waals surface area (Å²) in [5.41, 5.74) is 2.97. The maximum Gasteiger partial charge on any atom is 0.254 e. The van der Waals surface area contributed by atoms with Gasteiger partial charge in [-0.3, -0.25) is 0 Å². The van der Waals surface area contributed by atoms with Crippen molar-refractivity contribution < 1.29 is 9.84 Å². The summed E-state index contributed by atoms with van der Waals surface area (Å²) in [5.74, 6) is 2.16. The van der Waals surface area contributed by atoms with Crippen LogP contribution < -0.4 is 9.64 Å². The van der Waals surface area contributed by atoms with E-state index in [9.17, 15) is 5.11 Å². The summed E-state index contributed by atoms with van der Waals surface area (Å²) in [4.78, 5) is 11.4. The monoisotopic (exact) mass is 387 g/mol. The van der Waals surface area contributed by atoms with Gasteiger partial charge in [0.05, 0.1) is 12.8 Å². The summed E-state index contributed by atoms with van der Waals surface area (Å²) in [5, 5.41) is 14.3. The van der Waals surface area contributed by atoms with Crippen LogP contribution in [0.5, 0.6) is 11.5 Å². The Bertz CT molecular complexity index is 1150. The molecule has 7 nitrogen and oxygen atoms in total. The van der Waals surface area contributed by atoms with Gasteiger partial charge in [0.1, 0.15) is 12.1 Å². The van der Waals surface area contributed by atoms with Crippen LogP contribution in [0.1, 0.15) is 18.4 Å². The Kier molecular flexibility index (Phi) is 4.27. The van der Waals surface area contributed by atoms with Gasteiger partial charge >= 0.3 is 0 Å². The van der Waals surface area contributed by atoms with Crippen molar-refractivity contribution in [1.82, 2.24) is 19.6 Å². The highest BCUT2D eigenvalue weighted by atomic mass is 16.5. The van der Waals surface area contributed by atoms with Crippen LogP contribution in [-0.2, 0) is 6.54 Å². The first-order valence-corrected chi connectivity index (χ1v) is 9.61. The Morgan fingerprint density at radius 1 is 1.14 bits per heavy atom. The fourth-order valence-electron chi connectivity index (χ4n) is 3.56. The Balaban J connectivity index is 1.59. The normalized spacial score (nSPS) is 13.6. The number of rotatable bonds is 6. The van der Waals surface area contributed by atoms with E-state index in [1.54, 1.807) is 17.7 Å². The molecule has 0 unspecified atom stereocenters. The second kappa shape index (κ2) is 7.09. The largest absolute Gasteiger partial charge is 0.504 e. The number of methoxy groups -OCH3 is 1. The molecule has 1 aliphatic rings. The molecule has 4 aromatic rings. The van der Waals surface area contributed by atoms with Gasteiger partial charge in [0.2, 0.25) is 0 Å². The van der Waals surface area contributed by atoms with Crippen LogP contribution in [0.25, 0.3) is 17.0 Å². The molecule has 146 valence electrons. The minimum atomic E-state index is 0.142. The Labute approximate surface area is 168 Å². The Morgan fingerprint density at radius 3 is 2.72 bits per heavy atom. The first-order chi connectivity index (χ1) is 14.2. The summed E-state index contributed by atoms with van der Waals surface area (Å²) in [6, 6.07) is 18.1. The second-order valence-corrected chi connectivity index (χ2v) is 7.20. The lowest BCUT2D eigenvalue weighted by Gasteiger charge is -2.25. The number of phenolic OH excluding ortho intramolecular Hbond substituents is 1. The lowest BCUT2D eigenvalue weighted by Crippen LogP contribution is -2.27. The van der Waals surface area contributed by atoms with Crippen molar-refractivity contribution in [1.29, 1.82) is 0 Å². The van der Waals surface area contributed by atoms with E-state index in [0.717, 1.165) is 35.5 Å². The number of nitrogens with zero attached hydrogens (tertiary/aromatic N) is 5. The number of fused-ring (bicyclic) bond motifs is 1. The van der Waals surface area contributed by atoms with Crippen LogP contribution >= 0.6 is 0 Å². The summed E-state index contributed by atoms with van der Waals surface area (Å²) < 4.78 is 7.07. The van der Waals surface area contributed by atoms with Crippen LogP contribution in [0.15, 0.2) is 60.9 Å². The van der Waals surface area contributed by atoms with Crippen molar-refractivity contribution in [2.24, 2.45) is 0 Å². The molecule has 2 heterocycles. The van der Waals surface area contributed by atoms with Crippen LogP contribution in [0.4, 0.5) is 5.82 Å². The van der Waals surface area contributed by atoms with E-state index in [1.807, 2.05) is 42.5 Å². The quantitative estimate of drug-likeness (QED) is 0.544. The third-order valence-electron chi connectivity index (χ3n) is 5.18. The van der Waals surface area contributed by atoms with Gasteiger partial charge < -0.3 is 14.7 Å². The predicted octanol–water partition coefficient (Wildman–Crippen LogP) is 3.67. The molecular formula is C22H21N5O2. The van der Waals surface area contributed by atoms with Crippen LogP contribution in [-0.4, -0.2) is 37.8 Å². The molecule has 1 saturated carbocycles. The Morgan fingerprint density at radius 2 is 1.97 bits per heavy atom. The summed E-state index contributed by atoms with van der Waals surface area (Å²) in [6.07, 6.45) is 3.80. The van der Waals surface area contributed by atoms with Crippen molar-refractivity contribution in [2.45, 2.75) is 25.4 Å². The lowest BCUT2D eigenvalue weighted by molar-refractivity contribution is 0.373. The molecule has 0 spiro atoms. The highest BCUT2D eigenvalue weighted by molar-refractivity contribution is 5.66. The van der Waals surface area contributed by atoms with Gasteiger partial charge in [0, 0.05) is 24.2 Å². The maximum absolute atomic E-state index is 9.91. The van der Waals surface area contributed by atoms with Crippen LogP contribution in [0, 0.1) is 0 Å². The molecule has 29 heavy (non-hydrogen) atoms. The number of hydrogen-bond donors (Lipinski definition) is 1. The molecule has 1 fully saturated rings.